The van der Waals surface area contributed by atoms with Crippen LogP contribution in [0.4, 0.5) is 0 Å². The molecule has 2 heteroatoms. The van der Waals surface area contributed by atoms with E-state index in [9.17, 15) is 0 Å². The van der Waals surface area contributed by atoms with Gasteiger partial charge in [-0.2, -0.15) is 11.8 Å². The minimum absolute atomic E-state index is 0.645. The van der Waals surface area contributed by atoms with E-state index < -0.39 is 0 Å². The first-order chi connectivity index (χ1) is 9.29. The largest absolute Gasteiger partial charge is 0.313 e. The summed E-state index contributed by atoms with van der Waals surface area (Å²) in [6, 6.07) is 9.64. The van der Waals surface area contributed by atoms with Crippen molar-refractivity contribution in [1.82, 2.24) is 5.32 Å². The summed E-state index contributed by atoms with van der Waals surface area (Å²) in [5.74, 6) is 1.35. The van der Waals surface area contributed by atoms with Crippen LogP contribution in [0.1, 0.15) is 43.7 Å². The van der Waals surface area contributed by atoms with Gasteiger partial charge in [-0.25, -0.2) is 0 Å². The predicted octanol–water partition coefficient (Wildman–Crippen LogP) is 4.19. The van der Waals surface area contributed by atoms with Gasteiger partial charge in [0.25, 0.3) is 0 Å². The molecule has 2 atom stereocenters. The minimum atomic E-state index is 0.645. The Hall–Kier alpha value is -0.470. The number of hydrogen-bond acceptors (Lipinski definition) is 2. The highest BCUT2D eigenvalue weighted by atomic mass is 32.2. The van der Waals surface area contributed by atoms with E-state index in [0.717, 1.165) is 11.8 Å². The Morgan fingerprint density at radius 1 is 1.37 bits per heavy atom. The van der Waals surface area contributed by atoms with E-state index in [1.54, 1.807) is 0 Å². The minimum Gasteiger partial charge on any atom is -0.313 e. The van der Waals surface area contributed by atoms with Crippen molar-refractivity contribution in [1.29, 1.82) is 0 Å². The first-order valence-corrected chi connectivity index (χ1v) is 8.75. The quantitative estimate of drug-likeness (QED) is 0.836. The standard InChI is InChI=1S/C17H27NS/c1-3-10-18-16(17-9-4-5-11-19-17)13-15-8-6-7-14(2)12-15/h6-8,12,16-18H,3-5,9-11,13H2,1-2H3. The average molecular weight is 277 g/mol. The lowest BCUT2D eigenvalue weighted by Crippen LogP contribution is -2.41. The molecule has 1 aromatic carbocycles. The maximum absolute atomic E-state index is 3.79. The third-order valence-electron chi connectivity index (χ3n) is 3.86. The molecule has 106 valence electrons. The Bertz CT molecular complexity index is 371. The Kier molecular flexibility index (Phi) is 6.25. The molecular weight excluding hydrogens is 250 g/mol. The molecule has 0 radical (unpaired) electrons. The molecule has 1 N–H and O–H groups in total. The highest BCUT2D eigenvalue weighted by Gasteiger charge is 2.23. The summed E-state index contributed by atoms with van der Waals surface area (Å²) in [7, 11) is 0. The van der Waals surface area contributed by atoms with Crippen LogP contribution in [0, 0.1) is 6.92 Å². The van der Waals surface area contributed by atoms with Crippen LogP contribution in [0.3, 0.4) is 0 Å². The second-order valence-corrected chi connectivity index (χ2v) is 7.01. The molecule has 19 heavy (non-hydrogen) atoms. The zero-order chi connectivity index (χ0) is 13.5. The zero-order valence-electron chi connectivity index (χ0n) is 12.3. The van der Waals surface area contributed by atoms with Crippen molar-refractivity contribution in [2.24, 2.45) is 0 Å². The van der Waals surface area contributed by atoms with Crippen molar-refractivity contribution in [2.75, 3.05) is 12.3 Å². The van der Waals surface area contributed by atoms with Gasteiger partial charge in [-0.3, -0.25) is 0 Å². The van der Waals surface area contributed by atoms with E-state index in [4.69, 9.17) is 0 Å². The fraction of sp³-hybridized carbons (Fsp3) is 0.647. The van der Waals surface area contributed by atoms with E-state index in [1.165, 1.54) is 49.0 Å². The smallest absolute Gasteiger partial charge is 0.0226 e. The van der Waals surface area contributed by atoms with Gasteiger partial charge in [0.2, 0.25) is 0 Å². The summed E-state index contributed by atoms with van der Waals surface area (Å²) in [5, 5.41) is 4.59. The first-order valence-electron chi connectivity index (χ1n) is 7.70. The van der Waals surface area contributed by atoms with Crippen molar-refractivity contribution in [3.8, 4) is 0 Å². The Morgan fingerprint density at radius 3 is 2.95 bits per heavy atom. The van der Waals surface area contributed by atoms with Crippen LogP contribution in [-0.2, 0) is 6.42 Å². The summed E-state index contributed by atoms with van der Waals surface area (Å²) in [6.45, 7) is 5.59. The van der Waals surface area contributed by atoms with E-state index in [-0.39, 0.29) is 0 Å². The number of hydrogen-bond donors (Lipinski definition) is 1. The summed E-state index contributed by atoms with van der Waals surface area (Å²) >= 11 is 2.18. The lowest BCUT2D eigenvalue weighted by molar-refractivity contribution is 0.461. The SMILES string of the molecule is CCCNC(Cc1cccc(C)c1)C1CCCCS1. The molecule has 0 bridgehead atoms. The molecule has 0 aromatic heterocycles. The van der Waals surface area contributed by atoms with Gasteiger partial charge in [-0.1, -0.05) is 43.2 Å². The van der Waals surface area contributed by atoms with Crippen LogP contribution in [0.5, 0.6) is 0 Å². The average Bonchev–Trinajstić information content (AvgIpc) is 2.44. The van der Waals surface area contributed by atoms with Gasteiger partial charge in [0.15, 0.2) is 0 Å². The third kappa shape index (κ3) is 4.85. The number of benzene rings is 1. The van der Waals surface area contributed by atoms with E-state index in [1.807, 2.05) is 0 Å². The normalized spacial score (nSPS) is 21.3. The predicted molar refractivity (Wildman–Crippen MR) is 87.1 cm³/mol. The topological polar surface area (TPSA) is 12.0 Å². The fourth-order valence-electron chi connectivity index (χ4n) is 2.84. The second-order valence-electron chi connectivity index (χ2n) is 5.66. The Labute approximate surface area is 122 Å². The van der Waals surface area contributed by atoms with E-state index >= 15 is 0 Å². The van der Waals surface area contributed by atoms with Crippen LogP contribution in [-0.4, -0.2) is 23.6 Å². The Balaban J connectivity index is 1.99. The summed E-state index contributed by atoms with van der Waals surface area (Å²) in [6.07, 6.45) is 6.61. The maximum Gasteiger partial charge on any atom is 0.0226 e. The van der Waals surface area contributed by atoms with Crippen LogP contribution < -0.4 is 5.32 Å². The molecule has 0 spiro atoms. The molecule has 0 aliphatic carbocycles. The van der Waals surface area contributed by atoms with Crippen molar-refractivity contribution in [3.63, 3.8) is 0 Å². The second kappa shape index (κ2) is 7.96. The van der Waals surface area contributed by atoms with Crippen molar-refractivity contribution in [2.45, 2.75) is 57.2 Å². The van der Waals surface area contributed by atoms with E-state index in [2.05, 4.69) is 55.2 Å². The molecule has 1 fully saturated rings. The van der Waals surface area contributed by atoms with Crippen LogP contribution in [0.2, 0.25) is 0 Å². The van der Waals surface area contributed by atoms with Gasteiger partial charge in [0.05, 0.1) is 0 Å². The number of nitrogens with one attached hydrogen (secondary N) is 1. The summed E-state index contributed by atoms with van der Waals surface area (Å²) in [4.78, 5) is 0. The fourth-order valence-corrected chi connectivity index (χ4v) is 4.27. The van der Waals surface area contributed by atoms with Gasteiger partial charge < -0.3 is 5.32 Å². The molecule has 1 heterocycles. The van der Waals surface area contributed by atoms with Gasteiger partial charge in [-0.15, -0.1) is 0 Å². The maximum atomic E-state index is 3.79. The van der Waals surface area contributed by atoms with Gasteiger partial charge >= 0.3 is 0 Å². The lowest BCUT2D eigenvalue weighted by atomic mass is 9.98. The molecular formula is C17H27NS. The van der Waals surface area contributed by atoms with Crippen molar-refractivity contribution in [3.05, 3.63) is 35.4 Å². The number of rotatable bonds is 6. The summed E-state index contributed by atoms with van der Waals surface area (Å²) < 4.78 is 0. The van der Waals surface area contributed by atoms with Crippen LogP contribution in [0.25, 0.3) is 0 Å². The third-order valence-corrected chi connectivity index (χ3v) is 5.38. The highest BCUT2D eigenvalue weighted by molar-refractivity contribution is 8.00. The molecule has 1 aliphatic rings. The molecule has 0 amide bonds. The molecule has 1 saturated heterocycles. The monoisotopic (exact) mass is 277 g/mol. The van der Waals surface area contributed by atoms with Crippen LogP contribution >= 0.6 is 11.8 Å². The first kappa shape index (κ1) is 14.9. The highest BCUT2D eigenvalue weighted by Crippen LogP contribution is 2.29. The molecule has 0 saturated carbocycles. The molecule has 1 nitrogen and oxygen atoms in total. The molecule has 2 rings (SSSR count). The van der Waals surface area contributed by atoms with Crippen LogP contribution in [0.15, 0.2) is 24.3 Å². The van der Waals surface area contributed by atoms with E-state index in [0.29, 0.717) is 6.04 Å². The lowest BCUT2D eigenvalue weighted by Gasteiger charge is -2.31. The molecule has 2 unspecified atom stereocenters. The van der Waals surface area contributed by atoms with Gasteiger partial charge in [-0.05, 0) is 50.5 Å². The summed E-state index contributed by atoms with van der Waals surface area (Å²) in [5.41, 5.74) is 2.86. The molecule has 1 aliphatic heterocycles. The number of aryl methyl sites for hydroxylation is 1. The van der Waals surface area contributed by atoms with Gasteiger partial charge in [0, 0.05) is 11.3 Å². The Morgan fingerprint density at radius 2 is 2.26 bits per heavy atom. The number of thioether (sulfide) groups is 1. The molecule has 1 aromatic rings. The zero-order valence-corrected chi connectivity index (χ0v) is 13.1. The van der Waals surface area contributed by atoms with Crippen molar-refractivity contribution >= 4 is 11.8 Å². The van der Waals surface area contributed by atoms with Gasteiger partial charge in [0.1, 0.15) is 0 Å². The van der Waals surface area contributed by atoms with Crippen molar-refractivity contribution < 1.29 is 0 Å².